The van der Waals surface area contributed by atoms with Crippen molar-refractivity contribution in [3.63, 3.8) is 0 Å². The van der Waals surface area contributed by atoms with E-state index in [1.165, 1.54) is 36.5 Å². The summed E-state index contributed by atoms with van der Waals surface area (Å²) in [5.74, 6) is -0.666. The van der Waals surface area contributed by atoms with Crippen molar-refractivity contribution in [2.75, 3.05) is 0 Å². The van der Waals surface area contributed by atoms with Crippen LogP contribution in [-0.2, 0) is 20.1 Å². The van der Waals surface area contributed by atoms with E-state index in [0.29, 0.717) is 0 Å². The number of hydrogen-bond donors (Lipinski definition) is 0. The van der Waals surface area contributed by atoms with E-state index in [1.807, 2.05) is 62.5 Å². The van der Waals surface area contributed by atoms with Crippen molar-refractivity contribution in [1.82, 2.24) is 9.97 Å². The number of pyridine rings is 2. The molecule has 0 aliphatic heterocycles. The fraction of sp³-hybridized carbons (Fsp3) is 0.150. The van der Waals surface area contributed by atoms with Gasteiger partial charge >= 0.3 is 0 Å². The molecule has 0 spiro atoms. The van der Waals surface area contributed by atoms with Gasteiger partial charge in [-0.2, -0.15) is 11.3 Å². The summed E-state index contributed by atoms with van der Waals surface area (Å²) in [6.45, 7) is 10.8. The molecule has 2 nitrogen and oxygen atoms in total. The third-order valence-corrected chi connectivity index (χ3v) is 11.0. The monoisotopic (exact) mass is 798 g/mol. The third kappa shape index (κ3) is 7.24. The molecule has 7 aromatic rings. The molecule has 45 heavy (non-hydrogen) atoms. The standard InChI is InChI=1S/C26H20NS.C14H16NSi.Ir/c1-17(2)19-14-15-27-23(16-19)21-13-12-20(18-8-4-3-5-9-18)25-22-10-6-7-11-24(22)28-26(21)25;1-16(2,3)13-9-10-14(15-11-13)12-7-5-4-6-8-12;/h3-12,14-17H,1-2H3;4-7,9-11H,1-3H3;/q2*-1;/i17D;;. The maximum Gasteiger partial charge on any atom is 0.0795 e. The van der Waals surface area contributed by atoms with Gasteiger partial charge in [-0.05, 0) is 44.7 Å². The fourth-order valence-electron chi connectivity index (χ4n) is 5.23. The summed E-state index contributed by atoms with van der Waals surface area (Å²) in [4.78, 5) is 9.16. The van der Waals surface area contributed by atoms with Gasteiger partial charge in [0.15, 0.2) is 0 Å². The second-order valence-corrected chi connectivity index (χ2v) is 18.3. The van der Waals surface area contributed by atoms with Crippen LogP contribution in [0.2, 0.25) is 19.6 Å². The molecule has 0 N–H and O–H groups in total. The molecule has 5 heteroatoms. The first-order valence-corrected chi connectivity index (χ1v) is 19.2. The van der Waals surface area contributed by atoms with Gasteiger partial charge in [-0.3, -0.25) is 0 Å². The molecule has 227 valence electrons. The summed E-state index contributed by atoms with van der Waals surface area (Å²) in [6.07, 6.45) is 3.82. The van der Waals surface area contributed by atoms with Crippen LogP contribution in [0.15, 0.2) is 122 Å². The minimum absolute atomic E-state index is 0. The molecular weight excluding hydrogens is 761 g/mol. The van der Waals surface area contributed by atoms with E-state index in [9.17, 15) is 0 Å². The average molecular weight is 798 g/mol. The topological polar surface area (TPSA) is 25.8 Å². The van der Waals surface area contributed by atoms with Crippen molar-refractivity contribution < 1.29 is 21.5 Å². The van der Waals surface area contributed by atoms with Gasteiger partial charge in [-0.15, -0.1) is 53.6 Å². The predicted molar refractivity (Wildman–Crippen MR) is 192 cm³/mol. The number of fused-ring (bicyclic) bond motifs is 3. The molecule has 7 rings (SSSR count). The van der Waals surface area contributed by atoms with Gasteiger partial charge in [0.05, 0.1) is 8.07 Å². The van der Waals surface area contributed by atoms with Crippen molar-refractivity contribution in [2.45, 2.75) is 39.4 Å². The van der Waals surface area contributed by atoms with Gasteiger partial charge in [0.25, 0.3) is 0 Å². The zero-order chi connectivity index (χ0) is 31.6. The second-order valence-electron chi connectivity index (χ2n) is 12.1. The average Bonchev–Trinajstić information content (AvgIpc) is 3.45. The Balaban J connectivity index is 0.000000209. The molecule has 0 saturated heterocycles. The van der Waals surface area contributed by atoms with Crippen LogP contribution in [0.3, 0.4) is 0 Å². The summed E-state index contributed by atoms with van der Waals surface area (Å²) in [5.41, 5.74) is 7.28. The van der Waals surface area contributed by atoms with E-state index < -0.39 is 14.0 Å². The number of benzene rings is 4. The van der Waals surface area contributed by atoms with E-state index >= 15 is 0 Å². The van der Waals surface area contributed by atoms with Gasteiger partial charge in [0.1, 0.15) is 0 Å². The minimum atomic E-state index is -1.23. The number of hydrogen-bond acceptors (Lipinski definition) is 3. The minimum Gasteiger partial charge on any atom is -0.305 e. The van der Waals surface area contributed by atoms with Crippen LogP contribution in [-0.4, -0.2) is 18.0 Å². The zero-order valence-corrected chi connectivity index (χ0v) is 30.4. The summed E-state index contributed by atoms with van der Waals surface area (Å²) < 4.78 is 10.8. The van der Waals surface area contributed by atoms with E-state index in [0.717, 1.165) is 28.1 Å². The Morgan fingerprint density at radius 2 is 1.56 bits per heavy atom. The molecule has 0 aliphatic rings. The van der Waals surface area contributed by atoms with Crippen LogP contribution in [0, 0.1) is 12.1 Å². The molecule has 0 fully saturated rings. The van der Waals surface area contributed by atoms with E-state index in [4.69, 9.17) is 1.37 Å². The number of aromatic nitrogens is 2. The zero-order valence-electron chi connectivity index (χ0n) is 27.2. The smallest absolute Gasteiger partial charge is 0.0795 e. The quantitative estimate of drug-likeness (QED) is 0.128. The van der Waals surface area contributed by atoms with E-state index in [2.05, 4.69) is 108 Å². The first-order chi connectivity index (χ1) is 21.6. The maximum absolute atomic E-state index is 8.39. The summed E-state index contributed by atoms with van der Waals surface area (Å²) in [6, 6.07) is 44.1. The maximum atomic E-state index is 8.39. The Kier molecular flexibility index (Phi) is 9.82. The van der Waals surface area contributed by atoms with Gasteiger partial charge in [-0.1, -0.05) is 122 Å². The SMILES string of the molecule is C[Si](C)(C)c1ccc(-c2[c-]cccc2)nc1.[2H]C(C)(C)c1ccnc(-c2[c-]cc(-c3ccccc3)c3c2sc2ccccc23)c1.[Ir]. The number of nitrogens with zero attached hydrogens (tertiary/aromatic N) is 2. The Labute approximate surface area is 287 Å². The summed E-state index contributed by atoms with van der Waals surface area (Å²) in [5, 5.41) is 3.91. The van der Waals surface area contributed by atoms with Crippen LogP contribution in [0.5, 0.6) is 0 Å². The molecule has 0 bridgehead atoms. The fourth-order valence-corrected chi connectivity index (χ4v) is 7.50. The van der Waals surface area contributed by atoms with Gasteiger partial charge in [0.2, 0.25) is 0 Å². The molecule has 0 atom stereocenters. The molecule has 4 aromatic carbocycles. The first-order valence-electron chi connectivity index (χ1n) is 15.4. The van der Waals surface area contributed by atoms with E-state index in [1.54, 1.807) is 17.5 Å². The van der Waals surface area contributed by atoms with Crippen molar-refractivity contribution in [3.05, 3.63) is 139 Å². The molecule has 1 radical (unpaired) electrons. The van der Waals surface area contributed by atoms with Crippen LogP contribution in [0.1, 0.15) is 26.7 Å². The van der Waals surface area contributed by atoms with Gasteiger partial charge < -0.3 is 9.97 Å². The predicted octanol–water partition coefficient (Wildman–Crippen LogP) is 10.8. The van der Waals surface area contributed by atoms with Crippen LogP contribution >= 0.6 is 11.3 Å². The number of thiophene rings is 1. The summed E-state index contributed by atoms with van der Waals surface area (Å²) >= 11 is 1.79. The Morgan fingerprint density at radius 3 is 2.24 bits per heavy atom. The molecule has 0 amide bonds. The number of rotatable bonds is 5. The normalized spacial score (nSPS) is 11.8. The van der Waals surface area contributed by atoms with Gasteiger partial charge in [-0.25, -0.2) is 0 Å². The molecular formula is C40H36IrN2SSi-2. The van der Waals surface area contributed by atoms with Crippen molar-refractivity contribution >= 4 is 44.8 Å². The summed E-state index contributed by atoms with van der Waals surface area (Å²) in [7, 11) is -1.23. The molecule has 3 heterocycles. The van der Waals surface area contributed by atoms with Crippen LogP contribution in [0.4, 0.5) is 0 Å². The largest absolute Gasteiger partial charge is 0.305 e. The third-order valence-electron chi connectivity index (χ3n) is 7.75. The molecule has 0 unspecified atom stereocenters. The molecule has 0 aliphatic carbocycles. The Bertz CT molecular complexity index is 2060. The van der Waals surface area contributed by atoms with Gasteiger partial charge in [0, 0.05) is 38.6 Å². The van der Waals surface area contributed by atoms with Crippen molar-refractivity contribution in [1.29, 1.82) is 0 Å². The van der Waals surface area contributed by atoms with Crippen molar-refractivity contribution in [3.8, 4) is 33.6 Å². The van der Waals surface area contributed by atoms with Crippen LogP contribution in [0.25, 0.3) is 53.8 Å². The van der Waals surface area contributed by atoms with Crippen molar-refractivity contribution in [2.24, 2.45) is 0 Å². The van der Waals surface area contributed by atoms with Crippen LogP contribution < -0.4 is 5.19 Å². The second kappa shape index (κ2) is 14.1. The Morgan fingerprint density at radius 1 is 0.800 bits per heavy atom. The molecule has 0 saturated carbocycles. The van der Waals surface area contributed by atoms with E-state index in [-0.39, 0.29) is 20.1 Å². The Hall–Kier alpha value is -3.73. The molecule has 3 aromatic heterocycles. The first kappa shape index (κ1) is 31.3.